The lowest BCUT2D eigenvalue weighted by Gasteiger charge is -2.35. The third-order valence-electron chi connectivity index (χ3n) is 4.97. The van der Waals surface area contributed by atoms with Gasteiger partial charge in [-0.1, -0.05) is 0 Å². The summed E-state index contributed by atoms with van der Waals surface area (Å²) in [6.07, 6.45) is 7.37. The molecule has 2 aromatic heterocycles. The Hall–Kier alpha value is -3.16. The molecule has 2 aromatic rings. The first-order valence-electron chi connectivity index (χ1n) is 9.84. The van der Waals surface area contributed by atoms with Crippen LogP contribution in [0.15, 0.2) is 43.0 Å². The van der Waals surface area contributed by atoms with Crippen LogP contribution < -0.4 is 4.90 Å². The van der Waals surface area contributed by atoms with E-state index in [0.717, 1.165) is 17.7 Å². The molecule has 1 aliphatic heterocycles. The highest BCUT2D eigenvalue weighted by Crippen LogP contribution is 2.18. The Morgan fingerprint density at radius 3 is 2.52 bits per heavy atom. The minimum Gasteiger partial charge on any atom is -0.450 e. The van der Waals surface area contributed by atoms with Crippen LogP contribution in [0.3, 0.4) is 0 Å². The van der Waals surface area contributed by atoms with Gasteiger partial charge in [0.05, 0.1) is 24.1 Å². The predicted octanol–water partition coefficient (Wildman–Crippen LogP) is 2.07. The SMILES string of the molecule is CCOC(=O)N1CCN(c2cncc(C(=O)N(C)CCc3ccncc3)c2)CC1. The van der Waals surface area contributed by atoms with Crippen LogP contribution in [0.2, 0.25) is 0 Å². The number of hydrogen-bond acceptors (Lipinski definition) is 6. The molecule has 0 radical (unpaired) electrons. The van der Waals surface area contributed by atoms with Crippen LogP contribution in [0.1, 0.15) is 22.8 Å². The van der Waals surface area contributed by atoms with E-state index in [0.29, 0.717) is 44.9 Å². The molecule has 154 valence electrons. The van der Waals surface area contributed by atoms with Crippen LogP contribution in [0.5, 0.6) is 0 Å². The fraction of sp³-hybridized carbons (Fsp3) is 0.429. The first-order chi connectivity index (χ1) is 14.1. The molecule has 3 heterocycles. The van der Waals surface area contributed by atoms with E-state index in [1.165, 1.54) is 0 Å². The van der Waals surface area contributed by atoms with Gasteiger partial charge in [-0.3, -0.25) is 14.8 Å². The summed E-state index contributed by atoms with van der Waals surface area (Å²) in [5.41, 5.74) is 2.60. The van der Waals surface area contributed by atoms with E-state index >= 15 is 0 Å². The summed E-state index contributed by atoms with van der Waals surface area (Å²) in [5, 5.41) is 0. The van der Waals surface area contributed by atoms with Crippen molar-refractivity contribution in [1.82, 2.24) is 19.8 Å². The molecule has 3 rings (SSSR count). The number of piperazine rings is 1. The van der Waals surface area contributed by atoms with Gasteiger partial charge in [0.2, 0.25) is 0 Å². The molecule has 8 nitrogen and oxygen atoms in total. The number of nitrogens with zero attached hydrogens (tertiary/aromatic N) is 5. The van der Waals surface area contributed by atoms with E-state index in [1.807, 2.05) is 18.2 Å². The molecular formula is C21H27N5O3. The number of aromatic nitrogens is 2. The van der Waals surface area contributed by atoms with Gasteiger partial charge in [0.25, 0.3) is 5.91 Å². The van der Waals surface area contributed by atoms with Gasteiger partial charge in [0.15, 0.2) is 0 Å². The van der Waals surface area contributed by atoms with Crippen molar-refractivity contribution in [3.05, 3.63) is 54.1 Å². The van der Waals surface area contributed by atoms with Gasteiger partial charge in [-0.25, -0.2) is 4.79 Å². The number of anilines is 1. The number of hydrogen-bond donors (Lipinski definition) is 0. The van der Waals surface area contributed by atoms with Gasteiger partial charge >= 0.3 is 6.09 Å². The van der Waals surface area contributed by atoms with Crippen molar-refractivity contribution in [2.24, 2.45) is 0 Å². The van der Waals surface area contributed by atoms with Crippen LogP contribution in [0, 0.1) is 0 Å². The van der Waals surface area contributed by atoms with Gasteiger partial charge in [-0.05, 0) is 37.1 Å². The lowest BCUT2D eigenvalue weighted by Crippen LogP contribution is -2.49. The average Bonchev–Trinajstić information content (AvgIpc) is 2.78. The van der Waals surface area contributed by atoms with Crippen molar-refractivity contribution in [1.29, 1.82) is 0 Å². The molecule has 0 aromatic carbocycles. The van der Waals surface area contributed by atoms with Crippen molar-refractivity contribution in [3.63, 3.8) is 0 Å². The first kappa shape index (κ1) is 20.6. The second kappa shape index (κ2) is 9.86. The smallest absolute Gasteiger partial charge is 0.409 e. The minimum atomic E-state index is -0.273. The zero-order chi connectivity index (χ0) is 20.6. The van der Waals surface area contributed by atoms with Gasteiger partial charge in [0.1, 0.15) is 0 Å². The number of likely N-dealkylation sites (N-methyl/N-ethyl adjacent to an activating group) is 1. The van der Waals surface area contributed by atoms with Gasteiger partial charge in [-0.15, -0.1) is 0 Å². The third-order valence-corrected chi connectivity index (χ3v) is 4.97. The summed E-state index contributed by atoms with van der Waals surface area (Å²) in [7, 11) is 1.80. The van der Waals surface area contributed by atoms with Crippen LogP contribution in [-0.4, -0.2) is 78.1 Å². The molecule has 8 heteroatoms. The van der Waals surface area contributed by atoms with E-state index in [1.54, 1.807) is 48.6 Å². The summed E-state index contributed by atoms with van der Waals surface area (Å²) >= 11 is 0. The lowest BCUT2D eigenvalue weighted by atomic mass is 10.1. The molecule has 0 unspecified atom stereocenters. The second-order valence-electron chi connectivity index (χ2n) is 6.94. The Morgan fingerprint density at radius 1 is 1.10 bits per heavy atom. The van der Waals surface area contributed by atoms with E-state index in [9.17, 15) is 9.59 Å². The van der Waals surface area contributed by atoms with Gasteiger partial charge in [-0.2, -0.15) is 0 Å². The molecule has 1 fully saturated rings. The normalized spacial score (nSPS) is 13.9. The summed E-state index contributed by atoms with van der Waals surface area (Å²) < 4.78 is 5.06. The van der Waals surface area contributed by atoms with E-state index in [2.05, 4.69) is 14.9 Å². The Kier molecular flexibility index (Phi) is 6.99. The quantitative estimate of drug-likeness (QED) is 0.743. The molecule has 1 saturated heterocycles. The number of carbonyl (C=O) groups is 2. The Labute approximate surface area is 171 Å². The fourth-order valence-corrected chi connectivity index (χ4v) is 3.25. The van der Waals surface area contributed by atoms with Crippen molar-refractivity contribution >= 4 is 17.7 Å². The van der Waals surface area contributed by atoms with E-state index in [-0.39, 0.29) is 12.0 Å². The van der Waals surface area contributed by atoms with Crippen LogP contribution in [-0.2, 0) is 11.2 Å². The Bertz CT molecular complexity index is 822. The number of ether oxygens (including phenoxy) is 1. The fourth-order valence-electron chi connectivity index (χ4n) is 3.25. The summed E-state index contributed by atoms with van der Waals surface area (Å²) in [6.45, 7) is 5.32. The number of carbonyl (C=O) groups excluding carboxylic acids is 2. The number of amides is 2. The largest absolute Gasteiger partial charge is 0.450 e. The maximum Gasteiger partial charge on any atom is 0.409 e. The maximum atomic E-state index is 12.8. The monoisotopic (exact) mass is 397 g/mol. The highest BCUT2D eigenvalue weighted by molar-refractivity contribution is 5.94. The topological polar surface area (TPSA) is 78.9 Å². The van der Waals surface area contributed by atoms with Crippen molar-refractivity contribution < 1.29 is 14.3 Å². The molecule has 0 atom stereocenters. The summed E-state index contributed by atoms with van der Waals surface area (Å²) in [4.78, 5) is 38.5. The molecule has 0 N–H and O–H groups in total. The highest BCUT2D eigenvalue weighted by atomic mass is 16.6. The lowest BCUT2D eigenvalue weighted by molar-refractivity contribution is 0.0796. The van der Waals surface area contributed by atoms with E-state index in [4.69, 9.17) is 4.74 Å². The van der Waals surface area contributed by atoms with Gasteiger partial charge in [0, 0.05) is 58.4 Å². The molecular weight excluding hydrogens is 370 g/mol. The van der Waals surface area contributed by atoms with Crippen LogP contribution in [0.25, 0.3) is 0 Å². The minimum absolute atomic E-state index is 0.0569. The zero-order valence-electron chi connectivity index (χ0n) is 17.0. The van der Waals surface area contributed by atoms with Crippen molar-refractivity contribution in [3.8, 4) is 0 Å². The molecule has 0 aliphatic carbocycles. The molecule has 0 spiro atoms. The third kappa shape index (κ3) is 5.43. The molecule has 0 saturated carbocycles. The Balaban J connectivity index is 1.57. The molecule has 29 heavy (non-hydrogen) atoms. The molecule has 1 aliphatic rings. The summed E-state index contributed by atoms with van der Waals surface area (Å²) in [6, 6.07) is 5.78. The Morgan fingerprint density at radius 2 is 1.83 bits per heavy atom. The molecule has 0 bridgehead atoms. The second-order valence-corrected chi connectivity index (χ2v) is 6.94. The van der Waals surface area contributed by atoms with Crippen molar-refractivity contribution in [2.75, 3.05) is 51.3 Å². The highest BCUT2D eigenvalue weighted by Gasteiger charge is 2.23. The van der Waals surface area contributed by atoms with E-state index < -0.39 is 0 Å². The van der Waals surface area contributed by atoms with Crippen LogP contribution >= 0.6 is 0 Å². The summed E-state index contributed by atoms with van der Waals surface area (Å²) in [5.74, 6) is -0.0569. The van der Waals surface area contributed by atoms with Crippen molar-refractivity contribution in [2.45, 2.75) is 13.3 Å². The predicted molar refractivity (Wildman–Crippen MR) is 110 cm³/mol. The van der Waals surface area contributed by atoms with Gasteiger partial charge < -0.3 is 19.4 Å². The van der Waals surface area contributed by atoms with Crippen LogP contribution in [0.4, 0.5) is 10.5 Å². The number of rotatable bonds is 6. The maximum absolute atomic E-state index is 12.8. The average molecular weight is 397 g/mol. The zero-order valence-corrected chi connectivity index (χ0v) is 17.0. The number of pyridine rings is 2. The first-order valence-corrected chi connectivity index (χ1v) is 9.84. The standard InChI is InChI=1S/C21H27N5O3/c1-3-29-21(28)26-12-10-25(11-13-26)19-14-18(15-23-16-19)20(27)24(2)9-6-17-4-7-22-8-5-17/h4-5,7-8,14-16H,3,6,9-13H2,1-2H3. The molecule has 2 amide bonds.